The van der Waals surface area contributed by atoms with Gasteiger partial charge in [-0.25, -0.2) is 8.42 Å². The number of anilines is 1. The van der Waals surface area contributed by atoms with Gasteiger partial charge in [-0.2, -0.15) is 0 Å². The van der Waals surface area contributed by atoms with Gasteiger partial charge in [0.05, 0.1) is 10.6 Å². The lowest BCUT2D eigenvalue weighted by Gasteiger charge is -2.34. The van der Waals surface area contributed by atoms with Crippen LogP contribution < -0.4 is 19.1 Å². The number of nitrogens with zero attached hydrogens (tertiary/aromatic N) is 2. The van der Waals surface area contributed by atoms with Gasteiger partial charge >= 0.3 is 0 Å². The number of sulfonamides is 1. The summed E-state index contributed by atoms with van der Waals surface area (Å²) >= 11 is 6.49. The zero-order chi connectivity index (χ0) is 30.4. The summed E-state index contributed by atoms with van der Waals surface area (Å²) < 4.78 is 40.5. The highest BCUT2D eigenvalue weighted by Gasteiger charge is 2.35. The first kappa shape index (κ1) is 30.7. The van der Waals surface area contributed by atoms with Crippen molar-refractivity contribution in [1.82, 2.24) is 10.2 Å². The number of carbonyl (C=O) groups excluding carboxylic acids is 2. The second-order valence-electron chi connectivity index (χ2n) is 10.7. The molecular weight excluding hydrogens is 590 g/mol. The number of hydrogen-bond acceptors (Lipinski definition) is 6. The molecule has 1 N–H and O–H groups in total. The molecular formula is C32H36ClN3O6S. The van der Waals surface area contributed by atoms with E-state index in [2.05, 4.69) is 5.32 Å². The molecule has 1 aliphatic heterocycles. The largest absolute Gasteiger partial charge is 0.486 e. The maximum Gasteiger partial charge on any atom is 0.264 e. The summed E-state index contributed by atoms with van der Waals surface area (Å²) in [7, 11) is -4.20. The summed E-state index contributed by atoms with van der Waals surface area (Å²) in [6, 6.07) is 19.1. The van der Waals surface area contributed by atoms with E-state index >= 15 is 0 Å². The summed E-state index contributed by atoms with van der Waals surface area (Å²) in [4.78, 5) is 29.3. The highest BCUT2D eigenvalue weighted by molar-refractivity contribution is 7.92. The molecule has 43 heavy (non-hydrogen) atoms. The van der Waals surface area contributed by atoms with E-state index in [1.807, 2.05) is 13.0 Å². The smallest absolute Gasteiger partial charge is 0.264 e. The Morgan fingerprint density at radius 2 is 1.63 bits per heavy atom. The predicted octanol–water partition coefficient (Wildman–Crippen LogP) is 5.17. The Labute approximate surface area is 257 Å². The Morgan fingerprint density at radius 1 is 0.953 bits per heavy atom. The van der Waals surface area contributed by atoms with E-state index in [9.17, 15) is 18.0 Å². The SMILES string of the molecule is CC[C@@H](C(=O)NC1CCCC1)N(Cc1ccccc1Cl)C(=O)CN(c1ccc2c(c1)OCCO2)S(=O)(=O)c1ccccc1. The lowest BCUT2D eigenvalue weighted by molar-refractivity contribution is -0.140. The van der Waals surface area contributed by atoms with E-state index in [0.29, 0.717) is 41.7 Å². The normalized spacial score (nSPS) is 15.5. The number of benzene rings is 3. The molecule has 0 unspecified atom stereocenters. The van der Waals surface area contributed by atoms with Gasteiger partial charge in [-0.05, 0) is 55.2 Å². The number of halogens is 1. The number of hydrogen-bond donors (Lipinski definition) is 1. The van der Waals surface area contributed by atoms with Gasteiger partial charge in [0.1, 0.15) is 25.8 Å². The molecule has 1 saturated carbocycles. The molecule has 0 radical (unpaired) electrons. The summed E-state index contributed by atoms with van der Waals surface area (Å²) in [5.41, 5.74) is 0.893. The van der Waals surface area contributed by atoms with Gasteiger partial charge in [0, 0.05) is 23.7 Å². The molecule has 3 aromatic carbocycles. The molecule has 1 heterocycles. The fourth-order valence-electron chi connectivity index (χ4n) is 5.53. The van der Waals surface area contributed by atoms with E-state index in [1.54, 1.807) is 54.6 Å². The van der Waals surface area contributed by atoms with Gasteiger partial charge < -0.3 is 19.7 Å². The van der Waals surface area contributed by atoms with Crippen molar-refractivity contribution in [3.63, 3.8) is 0 Å². The number of nitrogens with one attached hydrogen (secondary N) is 1. The molecule has 5 rings (SSSR count). The van der Waals surface area contributed by atoms with Crippen molar-refractivity contribution in [2.45, 2.75) is 62.6 Å². The van der Waals surface area contributed by atoms with E-state index in [0.717, 1.165) is 30.0 Å². The first-order valence-corrected chi connectivity index (χ1v) is 16.4. The summed E-state index contributed by atoms with van der Waals surface area (Å²) in [6.07, 6.45) is 4.23. The maximum absolute atomic E-state index is 14.3. The average Bonchev–Trinajstić information content (AvgIpc) is 3.53. The first-order valence-electron chi connectivity index (χ1n) is 14.6. The monoisotopic (exact) mass is 625 g/mol. The van der Waals surface area contributed by atoms with Crippen molar-refractivity contribution in [2.24, 2.45) is 0 Å². The zero-order valence-electron chi connectivity index (χ0n) is 24.1. The molecule has 1 atom stereocenters. The fourth-order valence-corrected chi connectivity index (χ4v) is 7.16. The molecule has 11 heteroatoms. The van der Waals surface area contributed by atoms with Crippen LogP contribution in [-0.4, -0.2) is 57.0 Å². The van der Waals surface area contributed by atoms with Crippen LogP contribution >= 0.6 is 11.6 Å². The van der Waals surface area contributed by atoms with Crippen LogP contribution in [0.4, 0.5) is 5.69 Å². The average molecular weight is 626 g/mol. The zero-order valence-corrected chi connectivity index (χ0v) is 25.6. The molecule has 1 fully saturated rings. The van der Waals surface area contributed by atoms with Gasteiger partial charge in [0.15, 0.2) is 11.5 Å². The fraction of sp³-hybridized carbons (Fsp3) is 0.375. The van der Waals surface area contributed by atoms with Crippen molar-refractivity contribution < 1.29 is 27.5 Å². The second-order valence-corrected chi connectivity index (χ2v) is 12.9. The lowest BCUT2D eigenvalue weighted by atomic mass is 10.1. The van der Waals surface area contributed by atoms with Crippen molar-refractivity contribution in [2.75, 3.05) is 24.1 Å². The Hall–Kier alpha value is -3.76. The highest BCUT2D eigenvalue weighted by atomic mass is 35.5. The summed E-state index contributed by atoms with van der Waals surface area (Å²) in [5.74, 6) is 0.0856. The standard InChI is InChI=1S/C32H36ClN3O6S/c1-2-28(32(38)34-24-11-7-8-12-24)35(21-23-10-6-9-15-27(23)33)31(37)22-36(43(39,40)26-13-4-3-5-14-26)25-16-17-29-30(20-25)42-19-18-41-29/h3-6,9-10,13-17,20,24,28H,2,7-8,11-12,18-19,21-22H2,1H3,(H,34,38)/t28-/m0/s1. The summed E-state index contributed by atoms with van der Waals surface area (Å²) in [5, 5.41) is 3.56. The Balaban J connectivity index is 1.52. The minimum atomic E-state index is -4.20. The number of amides is 2. The number of ether oxygens (including phenoxy) is 2. The minimum absolute atomic E-state index is 0.0290. The molecule has 0 bridgehead atoms. The lowest BCUT2D eigenvalue weighted by Crippen LogP contribution is -2.53. The van der Waals surface area contributed by atoms with E-state index in [-0.39, 0.29) is 29.1 Å². The Morgan fingerprint density at radius 3 is 2.33 bits per heavy atom. The van der Waals surface area contributed by atoms with Crippen LogP contribution in [0.5, 0.6) is 11.5 Å². The van der Waals surface area contributed by atoms with Crippen LogP contribution in [0.3, 0.4) is 0 Å². The quantitative estimate of drug-likeness (QED) is 0.315. The van der Waals surface area contributed by atoms with Gasteiger partial charge in [-0.1, -0.05) is 67.8 Å². The molecule has 2 aliphatic rings. The highest BCUT2D eigenvalue weighted by Crippen LogP contribution is 2.36. The maximum atomic E-state index is 14.3. The number of fused-ring (bicyclic) bond motifs is 1. The molecule has 0 aromatic heterocycles. The molecule has 0 spiro atoms. The van der Waals surface area contributed by atoms with Crippen LogP contribution in [0.25, 0.3) is 0 Å². The third-order valence-electron chi connectivity index (χ3n) is 7.81. The molecule has 3 aromatic rings. The predicted molar refractivity (Wildman–Crippen MR) is 165 cm³/mol. The molecule has 0 saturated heterocycles. The molecule has 9 nitrogen and oxygen atoms in total. The first-order chi connectivity index (χ1) is 20.8. The second kappa shape index (κ2) is 13.7. The minimum Gasteiger partial charge on any atom is -0.486 e. The van der Waals surface area contributed by atoms with Gasteiger partial charge in [0.25, 0.3) is 10.0 Å². The van der Waals surface area contributed by atoms with Crippen molar-refractivity contribution in [1.29, 1.82) is 0 Å². The third kappa shape index (κ3) is 7.08. The van der Waals surface area contributed by atoms with Crippen molar-refractivity contribution >= 4 is 39.1 Å². The number of rotatable bonds is 11. The van der Waals surface area contributed by atoms with Crippen LogP contribution in [-0.2, 0) is 26.2 Å². The number of carbonyl (C=O) groups is 2. The molecule has 2 amide bonds. The Bertz CT molecular complexity index is 1550. The van der Waals surface area contributed by atoms with Gasteiger partial charge in [0.2, 0.25) is 11.8 Å². The topological polar surface area (TPSA) is 105 Å². The summed E-state index contributed by atoms with van der Waals surface area (Å²) in [6.45, 7) is 2.03. The van der Waals surface area contributed by atoms with Crippen LogP contribution in [0.15, 0.2) is 77.7 Å². The van der Waals surface area contributed by atoms with Gasteiger partial charge in [-0.15, -0.1) is 0 Å². The third-order valence-corrected chi connectivity index (χ3v) is 9.97. The van der Waals surface area contributed by atoms with Gasteiger partial charge in [-0.3, -0.25) is 13.9 Å². The van der Waals surface area contributed by atoms with Crippen LogP contribution in [0, 0.1) is 0 Å². The van der Waals surface area contributed by atoms with E-state index in [1.165, 1.54) is 17.0 Å². The van der Waals surface area contributed by atoms with Crippen LogP contribution in [0.1, 0.15) is 44.6 Å². The van der Waals surface area contributed by atoms with E-state index < -0.39 is 28.5 Å². The van der Waals surface area contributed by atoms with Crippen LogP contribution in [0.2, 0.25) is 5.02 Å². The Kier molecular flexibility index (Phi) is 9.77. The van der Waals surface area contributed by atoms with Crippen molar-refractivity contribution in [3.05, 3.63) is 83.4 Å². The molecule has 228 valence electrons. The van der Waals surface area contributed by atoms with Crippen molar-refractivity contribution in [3.8, 4) is 11.5 Å². The molecule has 1 aliphatic carbocycles. The van der Waals surface area contributed by atoms with E-state index in [4.69, 9.17) is 21.1 Å².